The molecule has 5 aromatic rings. The summed E-state index contributed by atoms with van der Waals surface area (Å²) < 4.78 is 38.4. The number of Topliss-reactive ketones (excluding diaryl/α,β-unsaturated/α-hetero) is 2. The normalized spacial score (nSPS) is 29.6. The Hall–Kier alpha value is -8.80. The Labute approximate surface area is 585 Å². The van der Waals surface area contributed by atoms with Crippen LogP contribution in [-0.2, 0) is 52.6 Å². The lowest BCUT2D eigenvalue weighted by atomic mass is 9.84. The molecule has 0 saturated carbocycles. The number of hydrogen-bond donors (Lipinski definition) is 17. The number of benzene rings is 5. The molecule has 5 amide bonds. The third kappa shape index (κ3) is 16.0. The van der Waals surface area contributed by atoms with Crippen LogP contribution in [0.2, 0.25) is 10.0 Å². The number of carbonyl (C=O) groups is 8. The van der Waals surface area contributed by atoms with Crippen LogP contribution in [0, 0.1) is 11.8 Å². The molecule has 33 heteroatoms. The molecule has 7 aliphatic heterocycles. The number of primary amides is 1. The smallest absolute Gasteiger partial charge is 0.330 e. The number of carboxylic acid groups (broad SMARTS) is 1. The van der Waals surface area contributed by atoms with Gasteiger partial charge in [-0.1, -0.05) is 55.2 Å². The summed E-state index contributed by atoms with van der Waals surface area (Å²) in [5, 5.41) is 126. The van der Waals surface area contributed by atoms with Gasteiger partial charge in [0.05, 0.1) is 46.7 Å². The lowest BCUT2D eigenvalue weighted by molar-refractivity contribution is -0.333. The van der Waals surface area contributed by atoms with Gasteiger partial charge in [-0.25, -0.2) is 4.79 Å². The number of rotatable bonds is 13. The van der Waals surface area contributed by atoms with Gasteiger partial charge in [-0.15, -0.1) is 0 Å². The quantitative estimate of drug-likeness (QED) is 0.0802. The third-order valence-corrected chi connectivity index (χ3v) is 19.0. The Morgan fingerprint density at radius 2 is 1.38 bits per heavy atom. The van der Waals surface area contributed by atoms with Crippen LogP contribution >= 0.6 is 23.2 Å². The summed E-state index contributed by atoms with van der Waals surface area (Å²) in [7, 11) is 1.49. The molecule has 5 aromatic carbocycles. The summed E-state index contributed by atoms with van der Waals surface area (Å²) in [6.07, 6.45) is -20.3. The lowest BCUT2D eigenvalue weighted by Crippen LogP contribution is -2.64. The molecule has 542 valence electrons. The molecule has 11 bridgehead atoms. The van der Waals surface area contributed by atoms with Crippen molar-refractivity contribution in [2.75, 3.05) is 13.7 Å². The van der Waals surface area contributed by atoms with Crippen molar-refractivity contribution >= 4 is 70.3 Å². The number of nitrogens with two attached hydrogens (primary N) is 2. The summed E-state index contributed by atoms with van der Waals surface area (Å²) >= 11 is 14.1. The number of ether oxygens (including phenoxy) is 6. The number of hydrogen-bond acceptors (Lipinski definition) is 25. The second-order valence-electron chi connectivity index (χ2n) is 26.3. The van der Waals surface area contributed by atoms with Crippen LogP contribution in [0.25, 0.3) is 11.1 Å². The summed E-state index contributed by atoms with van der Waals surface area (Å²) in [5.41, 5.74) is 8.47. The van der Waals surface area contributed by atoms with Crippen LogP contribution in [0.5, 0.6) is 46.0 Å². The number of phenols is 3. The van der Waals surface area contributed by atoms with Crippen molar-refractivity contribution in [3.8, 4) is 57.1 Å². The van der Waals surface area contributed by atoms with E-state index in [9.17, 15) is 75.0 Å². The maximum absolute atomic E-state index is 16.1. The van der Waals surface area contributed by atoms with Crippen molar-refractivity contribution in [2.45, 2.75) is 163 Å². The van der Waals surface area contributed by atoms with Crippen molar-refractivity contribution < 1.29 is 118 Å². The number of ketones is 2. The predicted octanol–water partition coefficient (Wildman–Crippen LogP) is 2.08. The third-order valence-electron chi connectivity index (χ3n) is 18.4. The zero-order valence-corrected chi connectivity index (χ0v) is 56.3. The molecule has 7 aliphatic rings. The van der Waals surface area contributed by atoms with Crippen molar-refractivity contribution in [3.05, 3.63) is 117 Å². The number of carboxylic acids is 1. The monoisotopic (exact) mass is 1450 g/mol. The molecular formula is C68H77Cl2N7O24. The number of aromatic hydroxyl groups is 3. The fraction of sp³-hybridized carbons (Fsp3) is 0.441. The number of nitrogens with one attached hydrogen (secondary N) is 5. The molecule has 0 radical (unpaired) electrons. The predicted molar refractivity (Wildman–Crippen MR) is 352 cm³/mol. The van der Waals surface area contributed by atoms with Gasteiger partial charge < -0.3 is 118 Å². The van der Waals surface area contributed by atoms with Crippen molar-refractivity contribution in [3.63, 3.8) is 0 Å². The Morgan fingerprint density at radius 1 is 0.743 bits per heavy atom. The maximum atomic E-state index is 16.1. The minimum Gasteiger partial charge on any atom is -0.508 e. The highest BCUT2D eigenvalue weighted by molar-refractivity contribution is 6.32. The van der Waals surface area contributed by atoms with E-state index in [0.29, 0.717) is 0 Å². The lowest BCUT2D eigenvalue weighted by Gasteiger charge is -2.47. The average Bonchev–Trinajstić information content (AvgIpc) is 0.775. The van der Waals surface area contributed by atoms with Crippen LogP contribution in [0.1, 0.15) is 118 Å². The van der Waals surface area contributed by atoms with E-state index in [1.54, 1.807) is 0 Å². The number of aliphatic carboxylic acids is 1. The number of aliphatic hydroxyl groups is 6. The zero-order chi connectivity index (χ0) is 73.5. The molecule has 101 heavy (non-hydrogen) atoms. The highest BCUT2D eigenvalue weighted by Gasteiger charge is 2.51. The number of halogens is 2. The molecule has 12 rings (SSSR count). The van der Waals surface area contributed by atoms with Gasteiger partial charge in [0, 0.05) is 54.0 Å². The Morgan fingerprint density at radius 3 is 1.96 bits per heavy atom. The van der Waals surface area contributed by atoms with Gasteiger partial charge in [-0.2, -0.15) is 0 Å². The van der Waals surface area contributed by atoms with Crippen LogP contribution < -0.4 is 52.3 Å². The van der Waals surface area contributed by atoms with Crippen molar-refractivity contribution in [1.29, 1.82) is 0 Å². The number of amides is 5. The van der Waals surface area contributed by atoms with E-state index in [1.165, 1.54) is 39.1 Å². The zero-order valence-electron chi connectivity index (χ0n) is 54.7. The number of aliphatic hydroxyl groups excluding tert-OH is 6. The Balaban J connectivity index is 1.24. The first kappa shape index (κ1) is 74.9. The molecule has 18 atom stereocenters. The first-order valence-corrected chi connectivity index (χ1v) is 32.8. The van der Waals surface area contributed by atoms with Crippen LogP contribution in [0.3, 0.4) is 0 Å². The second kappa shape index (κ2) is 30.4. The molecule has 0 spiro atoms. The second-order valence-corrected chi connectivity index (χ2v) is 27.1. The van der Waals surface area contributed by atoms with Gasteiger partial charge in [0.2, 0.25) is 41.6 Å². The molecule has 19 N–H and O–H groups in total. The average molecular weight is 1450 g/mol. The molecule has 7 heterocycles. The van der Waals surface area contributed by atoms with Gasteiger partial charge in [-0.3, -0.25) is 33.6 Å². The highest BCUT2D eigenvalue weighted by Crippen LogP contribution is 2.50. The van der Waals surface area contributed by atoms with E-state index in [2.05, 4.69) is 26.6 Å². The van der Waals surface area contributed by atoms with E-state index in [4.69, 9.17) is 63.1 Å². The summed E-state index contributed by atoms with van der Waals surface area (Å²) in [6.45, 7) is 5.72. The van der Waals surface area contributed by atoms with E-state index in [0.717, 1.165) is 60.7 Å². The van der Waals surface area contributed by atoms with Gasteiger partial charge in [0.25, 0.3) is 0 Å². The van der Waals surface area contributed by atoms with Gasteiger partial charge in [0.15, 0.2) is 41.5 Å². The summed E-state index contributed by atoms with van der Waals surface area (Å²) in [6, 6.07) is 4.58. The van der Waals surface area contributed by atoms with Gasteiger partial charge >= 0.3 is 5.97 Å². The van der Waals surface area contributed by atoms with E-state index in [1.807, 2.05) is 13.8 Å². The van der Waals surface area contributed by atoms with E-state index in [-0.39, 0.29) is 57.5 Å². The fourth-order valence-electron chi connectivity index (χ4n) is 13.0. The molecule has 0 aliphatic carbocycles. The number of carbonyl (C=O) groups excluding carboxylic acids is 7. The van der Waals surface area contributed by atoms with Crippen molar-refractivity contribution in [1.82, 2.24) is 26.6 Å². The molecule has 0 aromatic heterocycles. The van der Waals surface area contributed by atoms with Crippen LogP contribution in [-0.4, -0.2) is 185 Å². The number of fused-ring (bicyclic) bond motifs is 15. The largest absolute Gasteiger partial charge is 0.508 e. The molecule has 31 nitrogen and oxygen atoms in total. The fourth-order valence-corrected chi connectivity index (χ4v) is 13.5. The Kier molecular flexibility index (Phi) is 22.5. The molecule has 2 saturated heterocycles. The van der Waals surface area contributed by atoms with Crippen molar-refractivity contribution in [2.24, 2.45) is 23.3 Å². The molecular weight excluding hydrogens is 1370 g/mol. The molecule has 1 unspecified atom stereocenters. The summed E-state index contributed by atoms with van der Waals surface area (Å²) in [5.74, 6) is -18.5. The van der Waals surface area contributed by atoms with Gasteiger partial charge in [0.1, 0.15) is 77.4 Å². The maximum Gasteiger partial charge on any atom is 0.330 e. The molecule has 2 fully saturated rings. The summed E-state index contributed by atoms with van der Waals surface area (Å²) in [4.78, 5) is 117. The highest BCUT2D eigenvalue weighted by atomic mass is 35.5. The van der Waals surface area contributed by atoms with Gasteiger partial charge in [-0.05, 0) is 110 Å². The SMILES string of the molecule is CN[C@H](CC(C)C)C(=O)NC1C(=O)C[C@@H](CC(N)=O)C(=O)N[C@H]2C(=O)C[C@H]3C(=O)N[C@H](C(=O)N[C@H](C(=O)O)c4cc(O)cc(O)c4-c4cc3ccc4O)[C@H](O)c3ccc(c(Cl)c3)Oc3cc2cc(c3O[C@@H]2O[C@H](CO)[C@@H](O)[C@H](O)[C@H]2O[C@H]2C[C@](C)(N)[C@H](O)[C@H](C)O2)Oc2ccc(cc2Cl)[C@H]1O. The first-order chi connectivity index (χ1) is 47.7. The minimum atomic E-state index is -2.24. The first-order valence-electron chi connectivity index (χ1n) is 32.1. The number of phenolic OH excluding ortho intramolecular Hbond substituents is 3. The standard InChI is InChI=1S/C68H77Cl2N7O24/c1-25(2)12-38(73-5)64(92)76-53-41(82)16-31(19-48(71)84)62(90)74-51-30-17-45(97-43-10-7-28(55(53)85)14-36(43)69)59(101-67-60(58(88)57(87)47(24-78)99-67)100-49-23-68(4,72)61(89)26(3)96-49)46(18-30)98-44-11-8-29(15-37(44)70)56(86)54-65(93)75-52(66(94)95)35-20-32(79)21-40(81)50(35)34-13-27(6-9-39(34)80)33(22-42(51)83)63(91)77-54/h6-11,13-15,17-18,20-21,25-26,31,33,38,47,49,51-58,60-61,67,73,78-81,85-89H,12,16,19,22-24,72H2,1-5H3,(H2,71,84)(H,74,90)(H,75,93)(H,76,92)(H,77,91)(H,94,95)/t26-,31-,33+,38+,47+,49-,51+,52-,53?,54-,55+,56+,57+,58-,60+,61+,67-,68-/m0/s1. The Bertz CT molecular complexity index is 4070. The van der Waals surface area contributed by atoms with E-state index >= 15 is 14.4 Å². The minimum absolute atomic E-state index is 0.0768. The van der Waals surface area contributed by atoms with Crippen LogP contribution in [0.4, 0.5) is 0 Å². The number of likely N-dealkylation sites (N-methyl/N-ethyl adjacent to an activating group) is 1. The van der Waals surface area contributed by atoms with Crippen LogP contribution in [0.15, 0.2) is 78.9 Å². The topological polar surface area (TPSA) is 506 Å². The van der Waals surface area contributed by atoms with E-state index < -0.39 is 238 Å².